The van der Waals surface area contributed by atoms with E-state index < -0.39 is 23.8 Å². The number of fused-ring (bicyclic) bond motifs is 1. The van der Waals surface area contributed by atoms with Crippen molar-refractivity contribution in [3.63, 3.8) is 0 Å². The minimum atomic E-state index is -0.746. The highest BCUT2D eigenvalue weighted by Gasteiger charge is 2.29. The summed E-state index contributed by atoms with van der Waals surface area (Å²) in [6.45, 7) is 1.12. The third kappa shape index (κ3) is 6.05. The molecule has 0 aromatic heterocycles. The highest BCUT2D eigenvalue weighted by atomic mass is 19.1. The van der Waals surface area contributed by atoms with Crippen molar-refractivity contribution in [1.29, 1.82) is 0 Å². The Balaban J connectivity index is 1.54. The second kappa shape index (κ2) is 12.2. The number of aliphatic hydroxyl groups is 1. The van der Waals surface area contributed by atoms with Gasteiger partial charge in [0.05, 0.1) is 44.7 Å². The lowest BCUT2D eigenvalue weighted by atomic mass is 9.95. The number of ether oxygens (including phenoxy) is 4. The summed E-state index contributed by atoms with van der Waals surface area (Å²) in [6.07, 6.45) is 0.797. The molecule has 2 atom stereocenters. The van der Waals surface area contributed by atoms with Crippen LogP contribution in [-0.4, -0.2) is 76.1 Å². The Morgan fingerprint density at radius 2 is 1.89 bits per heavy atom. The van der Waals surface area contributed by atoms with Gasteiger partial charge in [0, 0.05) is 37.5 Å². The number of benzene rings is 2. The lowest BCUT2D eigenvalue weighted by Crippen LogP contribution is -2.40. The molecule has 0 saturated carbocycles. The van der Waals surface area contributed by atoms with Crippen molar-refractivity contribution in [1.82, 2.24) is 10.6 Å². The smallest absolute Gasteiger partial charge is 0.325 e. The number of rotatable bonds is 9. The van der Waals surface area contributed by atoms with Crippen molar-refractivity contribution in [3.8, 4) is 11.5 Å². The van der Waals surface area contributed by atoms with E-state index in [0.29, 0.717) is 60.8 Å². The molecule has 38 heavy (non-hydrogen) atoms. The number of halogens is 1. The monoisotopic (exact) mass is 530 g/mol. The Kier molecular flexibility index (Phi) is 8.80. The summed E-state index contributed by atoms with van der Waals surface area (Å²) in [4.78, 5) is 36.7. The third-order valence-corrected chi connectivity index (χ3v) is 6.73. The van der Waals surface area contributed by atoms with Crippen LogP contribution < -0.4 is 20.1 Å². The fourth-order valence-corrected chi connectivity index (χ4v) is 4.68. The standard InChI is InChI=1S/C27H31FN2O8/c1-35-23(32)13-30-26(33)18-4-3-15(10-21(18)28)9-17-11-20(25(36-2)19-6-8-38-24(17)19)27(34)29-12-16-5-7-37-14-22(16)31/h3-4,10-11,16,22,31H,5-9,12-14H2,1-2H3,(H,29,34)(H,30,33)/t16?,22-/m0/s1. The average Bonchev–Trinajstić information content (AvgIpc) is 3.41. The molecule has 1 unspecified atom stereocenters. The van der Waals surface area contributed by atoms with Crippen LogP contribution in [0.2, 0.25) is 0 Å². The quantitative estimate of drug-likeness (QED) is 0.415. The molecular formula is C27H31FN2O8. The van der Waals surface area contributed by atoms with Crippen molar-refractivity contribution in [3.05, 3.63) is 57.9 Å². The molecule has 11 heteroatoms. The van der Waals surface area contributed by atoms with Gasteiger partial charge in [0.2, 0.25) is 0 Å². The molecule has 2 aliphatic rings. The lowest BCUT2D eigenvalue weighted by Gasteiger charge is -2.28. The Hall–Kier alpha value is -3.70. The van der Waals surface area contributed by atoms with Crippen LogP contribution in [0.25, 0.3) is 0 Å². The van der Waals surface area contributed by atoms with Gasteiger partial charge in [-0.1, -0.05) is 6.07 Å². The van der Waals surface area contributed by atoms with E-state index in [1.54, 1.807) is 12.1 Å². The number of aliphatic hydroxyl groups excluding tert-OH is 1. The molecule has 1 saturated heterocycles. The third-order valence-electron chi connectivity index (χ3n) is 6.73. The molecule has 2 heterocycles. The summed E-state index contributed by atoms with van der Waals surface area (Å²) in [5.41, 5.74) is 2.13. The van der Waals surface area contributed by atoms with Crippen molar-refractivity contribution >= 4 is 17.8 Å². The zero-order valence-corrected chi connectivity index (χ0v) is 21.3. The highest BCUT2D eigenvalue weighted by molar-refractivity contribution is 5.98. The molecule has 2 aliphatic heterocycles. The number of nitrogens with one attached hydrogen (secondary N) is 2. The van der Waals surface area contributed by atoms with Crippen LogP contribution in [0.3, 0.4) is 0 Å². The summed E-state index contributed by atoms with van der Waals surface area (Å²) in [5.74, 6) is -1.56. The van der Waals surface area contributed by atoms with Gasteiger partial charge in [-0.25, -0.2) is 4.39 Å². The van der Waals surface area contributed by atoms with Crippen LogP contribution in [0.15, 0.2) is 24.3 Å². The fraction of sp³-hybridized carbons (Fsp3) is 0.444. The molecule has 2 aromatic carbocycles. The molecule has 3 N–H and O–H groups in total. The Morgan fingerprint density at radius 1 is 1.11 bits per heavy atom. The predicted octanol–water partition coefficient (Wildman–Crippen LogP) is 1.39. The number of hydrogen-bond acceptors (Lipinski definition) is 8. The number of amides is 2. The van der Waals surface area contributed by atoms with Gasteiger partial charge in [0.1, 0.15) is 23.9 Å². The maximum Gasteiger partial charge on any atom is 0.325 e. The van der Waals surface area contributed by atoms with Crippen molar-refractivity contribution in [2.75, 3.05) is 47.1 Å². The Labute approximate surface area is 219 Å². The highest BCUT2D eigenvalue weighted by Crippen LogP contribution is 2.40. The molecule has 2 aromatic rings. The summed E-state index contributed by atoms with van der Waals surface area (Å²) in [5, 5.41) is 15.3. The zero-order valence-electron chi connectivity index (χ0n) is 21.3. The normalized spacial score (nSPS) is 18.2. The van der Waals surface area contributed by atoms with Crippen LogP contribution >= 0.6 is 0 Å². The summed E-state index contributed by atoms with van der Waals surface area (Å²) < 4.78 is 36.0. The van der Waals surface area contributed by atoms with Crippen LogP contribution in [0.1, 0.15) is 43.8 Å². The number of carbonyl (C=O) groups is 3. The first-order chi connectivity index (χ1) is 18.3. The first kappa shape index (κ1) is 27.3. The lowest BCUT2D eigenvalue weighted by molar-refractivity contribution is -0.139. The zero-order chi connectivity index (χ0) is 27.2. The van der Waals surface area contributed by atoms with E-state index in [1.807, 2.05) is 0 Å². The minimum Gasteiger partial charge on any atom is -0.495 e. The van der Waals surface area contributed by atoms with Crippen LogP contribution in [0.4, 0.5) is 4.39 Å². The van der Waals surface area contributed by atoms with E-state index in [1.165, 1.54) is 26.4 Å². The first-order valence-electron chi connectivity index (χ1n) is 12.3. The Morgan fingerprint density at radius 3 is 2.61 bits per heavy atom. The van der Waals surface area contributed by atoms with Crippen LogP contribution in [-0.2, 0) is 27.1 Å². The molecule has 4 rings (SSSR count). The fourth-order valence-electron chi connectivity index (χ4n) is 4.68. The van der Waals surface area contributed by atoms with Crippen molar-refractivity contribution in [2.45, 2.75) is 25.4 Å². The van der Waals surface area contributed by atoms with Crippen LogP contribution in [0, 0.1) is 11.7 Å². The SMILES string of the molecule is COC(=O)CNC(=O)c1ccc(Cc2cc(C(=O)NCC3CCOC[C@@H]3O)c(OC)c3c2OCC3)cc1F. The summed E-state index contributed by atoms with van der Waals surface area (Å²) >= 11 is 0. The van der Waals surface area contributed by atoms with Gasteiger partial charge in [0.15, 0.2) is 0 Å². The molecule has 10 nitrogen and oxygen atoms in total. The minimum absolute atomic E-state index is 0.109. The van der Waals surface area contributed by atoms with E-state index in [4.69, 9.17) is 14.2 Å². The molecule has 0 bridgehead atoms. The van der Waals surface area contributed by atoms with Gasteiger partial charge >= 0.3 is 5.97 Å². The second-order valence-corrected chi connectivity index (χ2v) is 9.17. The van der Waals surface area contributed by atoms with Gasteiger partial charge in [-0.05, 0) is 35.7 Å². The van der Waals surface area contributed by atoms with E-state index in [-0.39, 0.29) is 37.0 Å². The predicted molar refractivity (Wildman–Crippen MR) is 133 cm³/mol. The maximum absolute atomic E-state index is 14.8. The molecule has 204 valence electrons. The van der Waals surface area contributed by atoms with Gasteiger partial charge in [0.25, 0.3) is 11.8 Å². The second-order valence-electron chi connectivity index (χ2n) is 9.17. The molecule has 0 spiro atoms. The Bertz CT molecular complexity index is 1220. The number of esters is 1. The molecule has 2 amide bonds. The average molecular weight is 531 g/mol. The molecule has 0 radical (unpaired) electrons. The maximum atomic E-state index is 14.8. The first-order valence-corrected chi connectivity index (χ1v) is 12.3. The van der Waals surface area contributed by atoms with Crippen molar-refractivity contribution in [2.24, 2.45) is 5.92 Å². The molecular weight excluding hydrogens is 499 g/mol. The van der Waals surface area contributed by atoms with E-state index >= 15 is 0 Å². The van der Waals surface area contributed by atoms with E-state index in [9.17, 15) is 23.9 Å². The van der Waals surface area contributed by atoms with Gasteiger partial charge in [-0.2, -0.15) is 0 Å². The van der Waals surface area contributed by atoms with E-state index in [2.05, 4.69) is 15.4 Å². The van der Waals surface area contributed by atoms with Gasteiger partial charge in [-0.3, -0.25) is 14.4 Å². The van der Waals surface area contributed by atoms with E-state index in [0.717, 1.165) is 5.56 Å². The summed E-state index contributed by atoms with van der Waals surface area (Å²) in [6, 6.07) is 5.86. The molecule has 1 fully saturated rings. The van der Waals surface area contributed by atoms with Gasteiger partial charge < -0.3 is 34.7 Å². The topological polar surface area (TPSA) is 132 Å². The summed E-state index contributed by atoms with van der Waals surface area (Å²) in [7, 11) is 2.68. The van der Waals surface area contributed by atoms with Crippen molar-refractivity contribution < 1.29 is 42.8 Å². The number of carbonyl (C=O) groups excluding carboxylic acids is 3. The van der Waals surface area contributed by atoms with Crippen LogP contribution in [0.5, 0.6) is 11.5 Å². The largest absolute Gasteiger partial charge is 0.495 e. The number of methoxy groups -OCH3 is 2. The number of hydrogen-bond donors (Lipinski definition) is 3. The van der Waals surface area contributed by atoms with Gasteiger partial charge in [-0.15, -0.1) is 0 Å². The molecule has 0 aliphatic carbocycles.